The first-order chi connectivity index (χ1) is 7.16. The molecule has 2 heterocycles. The zero-order chi connectivity index (χ0) is 10.8. The molecular formula is C10H9BrN2OS. The monoisotopic (exact) mass is 284 g/mol. The quantitative estimate of drug-likeness (QED) is 0.881. The summed E-state index contributed by atoms with van der Waals surface area (Å²) in [5.74, 6) is 0.811. The molecule has 2 aromatic rings. The maximum atomic E-state index is 11.8. The molecule has 0 atom stereocenters. The fraction of sp³-hybridized carbons (Fsp3) is 0.200. The Labute approximate surface area is 99.7 Å². The van der Waals surface area contributed by atoms with Crippen LogP contribution in [0.3, 0.4) is 0 Å². The van der Waals surface area contributed by atoms with Crippen molar-refractivity contribution in [3.63, 3.8) is 0 Å². The van der Waals surface area contributed by atoms with E-state index in [1.165, 1.54) is 11.3 Å². The first kappa shape index (κ1) is 10.6. The van der Waals surface area contributed by atoms with Crippen molar-refractivity contribution < 1.29 is 4.79 Å². The summed E-state index contributed by atoms with van der Waals surface area (Å²) in [6, 6.07) is 1.90. The molecule has 0 radical (unpaired) electrons. The van der Waals surface area contributed by atoms with Crippen molar-refractivity contribution in [2.75, 3.05) is 0 Å². The molecule has 0 saturated carbocycles. The number of Topliss-reactive ketones (excluding diaryl/α,β-unsaturated/α-hetero) is 1. The SMILES string of the molecule is Cc1cc(C(=O)Cc2ncc[nH]2)sc1Br. The van der Waals surface area contributed by atoms with Crippen molar-refractivity contribution in [1.29, 1.82) is 0 Å². The highest BCUT2D eigenvalue weighted by molar-refractivity contribution is 9.11. The van der Waals surface area contributed by atoms with Crippen LogP contribution in [0.4, 0.5) is 0 Å². The van der Waals surface area contributed by atoms with Gasteiger partial charge in [-0.1, -0.05) is 0 Å². The topological polar surface area (TPSA) is 45.8 Å². The van der Waals surface area contributed by atoms with E-state index in [0.717, 1.165) is 14.2 Å². The van der Waals surface area contributed by atoms with E-state index >= 15 is 0 Å². The number of hydrogen-bond acceptors (Lipinski definition) is 3. The summed E-state index contributed by atoms with van der Waals surface area (Å²) >= 11 is 4.87. The van der Waals surface area contributed by atoms with Gasteiger partial charge in [-0.25, -0.2) is 4.98 Å². The molecule has 2 rings (SSSR count). The second-order valence-electron chi connectivity index (χ2n) is 3.20. The minimum Gasteiger partial charge on any atom is -0.348 e. The Morgan fingerprint density at radius 3 is 3.00 bits per heavy atom. The average Bonchev–Trinajstić information content (AvgIpc) is 2.78. The third-order valence-electron chi connectivity index (χ3n) is 2.01. The maximum absolute atomic E-state index is 11.8. The molecule has 3 nitrogen and oxygen atoms in total. The van der Waals surface area contributed by atoms with Gasteiger partial charge in [-0.2, -0.15) is 0 Å². The van der Waals surface area contributed by atoms with E-state index in [4.69, 9.17) is 0 Å². The normalized spacial score (nSPS) is 10.5. The molecule has 0 aliphatic carbocycles. The molecule has 0 aromatic carbocycles. The van der Waals surface area contributed by atoms with Crippen LogP contribution in [0.15, 0.2) is 22.2 Å². The fourth-order valence-electron chi connectivity index (χ4n) is 1.23. The maximum Gasteiger partial charge on any atom is 0.180 e. The molecule has 15 heavy (non-hydrogen) atoms. The van der Waals surface area contributed by atoms with E-state index in [0.29, 0.717) is 12.2 Å². The summed E-state index contributed by atoms with van der Waals surface area (Å²) in [6.07, 6.45) is 3.70. The van der Waals surface area contributed by atoms with Gasteiger partial charge < -0.3 is 4.98 Å². The van der Waals surface area contributed by atoms with Crippen molar-refractivity contribution in [2.24, 2.45) is 0 Å². The van der Waals surface area contributed by atoms with Crippen molar-refractivity contribution in [3.05, 3.63) is 38.5 Å². The predicted octanol–water partition coefficient (Wildman–Crippen LogP) is 2.97. The van der Waals surface area contributed by atoms with Crippen LogP contribution in [0, 0.1) is 6.92 Å². The summed E-state index contributed by atoms with van der Waals surface area (Å²) < 4.78 is 1.02. The van der Waals surface area contributed by atoms with E-state index in [1.54, 1.807) is 12.4 Å². The van der Waals surface area contributed by atoms with Crippen LogP contribution in [0.5, 0.6) is 0 Å². The van der Waals surface area contributed by atoms with Crippen LogP contribution in [0.1, 0.15) is 21.1 Å². The number of aromatic nitrogens is 2. The Morgan fingerprint density at radius 2 is 2.47 bits per heavy atom. The second-order valence-corrected chi connectivity index (χ2v) is 5.57. The van der Waals surface area contributed by atoms with Gasteiger partial charge in [0, 0.05) is 12.4 Å². The summed E-state index contributed by atoms with van der Waals surface area (Å²) in [6.45, 7) is 1.98. The van der Waals surface area contributed by atoms with Gasteiger partial charge in [-0.05, 0) is 34.5 Å². The highest BCUT2D eigenvalue weighted by atomic mass is 79.9. The molecule has 5 heteroatoms. The highest BCUT2D eigenvalue weighted by Gasteiger charge is 2.12. The predicted molar refractivity (Wildman–Crippen MR) is 63.4 cm³/mol. The molecule has 0 amide bonds. The van der Waals surface area contributed by atoms with Crippen LogP contribution >= 0.6 is 27.3 Å². The van der Waals surface area contributed by atoms with E-state index in [2.05, 4.69) is 25.9 Å². The Hall–Kier alpha value is -0.940. The third-order valence-corrected chi connectivity index (χ3v) is 4.19. The summed E-state index contributed by atoms with van der Waals surface area (Å²) in [5.41, 5.74) is 1.10. The number of aromatic amines is 1. The van der Waals surface area contributed by atoms with E-state index in [1.807, 2.05) is 13.0 Å². The van der Waals surface area contributed by atoms with E-state index in [9.17, 15) is 4.79 Å². The minimum absolute atomic E-state index is 0.101. The number of aryl methyl sites for hydroxylation is 1. The van der Waals surface area contributed by atoms with Crippen LogP contribution < -0.4 is 0 Å². The molecular weight excluding hydrogens is 276 g/mol. The van der Waals surface area contributed by atoms with Crippen molar-refractivity contribution in [2.45, 2.75) is 13.3 Å². The van der Waals surface area contributed by atoms with Gasteiger partial charge in [0.1, 0.15) is 5.82 Å². The van der Waals surface area contributed by atoms with Crippen molar-refractivity contribution >= 4 is 33.0 Å². The van der Waals surface area contributed by atoms with E-state index < -0.39 is 0 Å². The van der Waals surface area contributed by atoms with Gasteiger partial charge in [0.25, 0.3) is 0 Å². The first-order valence-electron chi connectivity index (χ1n) is 4.44. The Bertz CT molecular complexity index is 456. The van der Waals surface area contributed by atoms with Gasteiger partial charge >= 0.3 is 0 Å². The number of ketones is 1. The number of hydrogen-bond donors (Lipinski definition) is 1. The lowest BCUT2D eigenvalue weighted by Crippen LogP contribution is -2.02. The Morgan fingerprint density at radius 1 is 1.67 bits per heavy atom. The number of thiophene rings is 1. The van der Waals surface area contributed by atoms with Crippen molar-refractivity contribution in [1.82, 2.24) is 9.97 Å². The Kier molecular flexibility index (Phi) is 3.02. The van der Waals surface area contributed by atoms with Gasteiger partial charge in [0.15, 0.2) is 5.78 Å². The molecule has 0 unspecified atom stereocenters. The number of halogens is 1. The highest BCUT2D eigenvalue weighted by Crippen LogP contribution is 2.27. The molecule has 0 aliphatic rings. The number of nitrogens with zero attached hydrogens (tertiary/aromatic N) is 1. The van der Waals surface area contributed by atoms with Crippen LogP contribution in [-0.4, -0.2) is 15.8 Å². The number of carbonyl (C=O) groups excluding carboxylic acids is 1. The lowest BCUT2D eigenvalue weighted by atomic mass is 10.2. The zero-order valence-electron chi connectivity index (χ0n) is 8.08. The lowest BCUT2D eigenvalue weighted by molar-refractivity contribution is 0.0995. The van der Waals surface area contributed by atoms with Crippen molar-refractivity contribution in [3.8, 4) is 0 Å². The van der Waals surface area contributed by atoms with Gasteiger partial charge in [-0.3, -0.25) is 4.79 Å². The largest absolute Gasteiger partial charge is 0.348 e. The van der Waals surface area contributed by atoms with Crippen LogP contribution in [-0.2, 0) is 6.42 Å². The molecule has 78 valence electrons. The van der Waals surface area contributed by atoms with Gasteiger partial charge in [-0.15, -0.1) is 11.3 Å². The summed E-state index contributed by atoms with van der Waals surface area (Å²) in [4.78, 5) is 19.5. The average molecular weight is 285 g/mol. The lowest BCUT2D eigenvalue weighted by Gasteiger charge is -1.93. The number of H-pyrrole nitrogens is 1. The number of nitrogens with one attached hydrogen (secondary N) is 1. The molecule has 0 spiro atoms. The molecule has 0 saturated heterocycles. The number of carbonyl (C=O) groups is 1. The summed E-state index contributed by atoms with van der Waals surface area (Å²) in [7, 11) is 0. The second kappa shape index (κ2) is 4.28. The summed E-state index contributed by atoms with van der Waals surface area (Å²) in [5, 5.41) is 0. The molecule has 0 bridgehead atoms. The Balaban J connectivity index is 2.15. The fourth-order valence-corrected chi connectivity index (χ4v) is 2.70. The molecule has 1 N–H and O–H groups in total. The molecule has 0 fully saturated rings. The number of imidazole rings is 1. The molecule has 0 aliphatic heterocycles. The van der Waals surface area contributed by atoms with E-state index in [-0.39, 0.29) is 5.78 Å². The zero-order valence-corrected chi connectivity index (χ0v) is 10.5. The van der Waals surface area contributed by atoms with Gasteiger partial charge in [0.05, 0.1) is 15.1 Å². The first-order valence-corrected chi connectivity index (χ1v) is 6.05. The standard InChI is InChI=1S/C10H9BrN2OS/c1-6-4-8(15-10(6)11)7(14)5-9-12-2-3-13-9/h2-4H,5H2,1H3,(H,12,13). The third kappa shape index (κ3) is 2.35. The van der Waals surface area contributed by atoms with Crippen LogP contribution in [0.25, 0.3) is 0 Å². The smallest absolute Gasteiger partial charge is 0.180 e. The number of rotatable bonds is 3. The van der Waals surface area contributed by atoms with Crippen LogP contribution in [0.2, 0.25) is 0 Å². The van der Waals surface area contributed by atoms with Gasteiger partial charge in [0.2, 0.25) is 0 Å². The molecule has 2 aromatic heterocycles. The minimum atomic E-state index is 0.101.